The first-order valence-corrected chi connectivity index (χ1v) is 6.82. The molecule has 0 fully saturated rings. The van der Waals surface area contributed by atoms with Crippen LogP contribution in [0.15, 0.2) is 35.2 Å². The van der Waals surface area contributed by atoms with E-state index in [1.54, 1.807) is 10.9 Å². The molecule has 0 saturated heterocycles. The van der Waals surface area contributed by atoms with Gasteiger partial charge in [-0.2, -0.15) is 0 Å². The number of nitrogens with one attached hydrogen (secondary N) is 1. The van der Waals surface area contributed by atoms with Crippen molar-refractivity contribution in [1.82, 2.24) is 10.3 Å². The summed E-state index contributed by atoms with van der Waals surface area (Å²) in [6, 6.07) is 5.48. The Balaban J connectivity index is 1.71. The number of carbonyl (C=O) groups is 1. The molecule has 1 atom stereocenters. The Morgan fingerprint density at radius 3 is 2.85 bits per heavy atom. The molecule has 106 valence electrons. The first-order chi connectivity index (χ1) is 9.65. The molecular formula is C13H13FN2O3S. The standard InChI is InChI=1S/C13H13FN2O3S/c14-9-1-3-11(4-2-9)19-6-10(17)5-15-13(18)12-7-20-8-16-12/h1-4,7-8,10,17H,5-6H2,(H,15,18). The lowest BCUT2D eigenvalue weighted by atomic mass is 10.3. The van der Waals surface area contributed by atoms with Gasteiger partial charge >= 0.3 is 0 Å². The highest BCUT2D eigenvalue weighted by atomic mass is 32.1. The van der Waals surface area contributed by atoms with Crippen LogP contribution in [0.1, 0.15) is 10.5 Å². The normalized spacial score (nSPS) is 11.9. The summed E-state index contributed by atoms with van der Waals surface area (Å²) in [5.74, 6) is -0.239. The predicted octanol–water partition coefficient (Wildman–Crippen LogP) is 1.45. The molecule has 1 aromatic heterocycles. The highest BCUT2D eigenvalue weighted by molar-refractivity contribution is 7.07. The summed E-state index contributed by atoms with van der Waals surface area (Å²) in [4.78, 5) is 15.4. The van der Waals surface area contributed by atoms with Crippen molar-refractivity contribution < 1.29 is 19.0 Å². The highest BCUT2D eigenvalue weighted by Gasteiger charge is 2.11. The van der Waals surface area contributed by atoms with Crippen molar-refractivity contribution in [2.24, 2.45) is 0 Å². The van der Waals surface area contributed by atoms with Gasteiger partial charge in [-0.25, -0.2) is 9.37 Å². The van der Waals surface area contributed by atoms with Crippen molar-refractivity contribution in [2.45, 2.75) is 6.10 Å². The Morgan fingerprint density at radius 1 is 1.45 bits per heavy atom. The summed E-state index contributed by atoms with van der Waals surface area (Å²) in [6.07, 6.45) is -0.859. The molecule has 1 heterocycles. The van der Waals surface area contributed by atoms with Gasteiger partial charge in [-0.05, 0) is 24.3 Å². The van der Waals surface area contributed by atoms with Crippen LogP contribution >= 0.6 is 11.3 Å². The molecule has 0 spiro atoms. The quantitative estimate of drug-likeness (QED) is 0.846. The van der Waals surface area contributed by atoms with Gasteiger partial charge in [0.05, 0.1) is 5.51 Å². The minimum absolute atomic E-state index is 0.00295. The zero-order valence-electron chi connectivity index (χ0n) is 10.5. The Morgan fingerprint density at radius 2 is 2.20 bits per heavy atom. The van der Waals surface area contributed by atoms with Crippen LogP contribution in [0.2, 0.25) is 0 Å². The van der Waals surface area contributed by atoms with E-state index in [1.807, 2.05) is 0 Å². The topological polar surface area (TPSA) is 71.5 Å². The van der Waals surface area contributed by atoms with Crippen LogP contribution in [0.3, 0.4) is 0 Å². The lowest BCUT2D eigenvalue weighted by molar-refractivity contribution is 0.0840. The van der Waals surface area contributed by atoms with Crippen LogP contribution in [0, 0.1) is 5.82 Å². The number of carbonyl (C=O) groups excluding carboxylic acids is 1. The number of hydrogen-bond donors (Lipinski definition) is 2. The van der Waals surface area contributed by atoms with E-state index >= 15 is 0 Å². The fraction of sp³-hybridized carbons (Fsp3) is 0.231. The van der Waals surface area contributed by atoms with Gasteiger partial charge in [0.1, 0.15) is 30.0 Å². The van der Waals surface area contributed by atoms with Gasteiger partial charge in [-0.3, -0.25) is 4.79 Å². The van der Waals surface area contributed by atoms with Gasteiger partial charge in [0.15, 0.2) is 0 Å². The number of amides is 1. The number of benzene rings is 1. The molecular weight excluding hydrogens is 283 g/mol. The van der Waals surface area contributed by atoms with E-state index in [1.165, 1.54) is 35.6 Å². The maximum absolute atomic E-state index is 12.7. The van der Waals surface area contributed by atoms with E-state index in [-0.39, 0.29) is 24.9 Å². The SMILES string of the molecule is O=C(NCC(O)COc1ccc(F)cc1)c1cscn1. The highest BCUT2D eigenvalue weighted by Crippen LogP contribution is 2.11. The smallest absolute Gasteiger partial charge is 0.270 e. The van der Waals surface area contributed by atoms with E-state index in [2.05, 4.69) is 10.3 Å². The van der Waals surface area contributed by atoms with E-state index in [4.69, 9.17) is 4.74 Å². The van der Waals surface area contributed by atoms with Crippen LogP contribution in [-0.2, 0) is 0 Å². The Hall–Kier alpha value is -1.99. The van der Waals surface area contributed by atoms with Gasteiger partial charge in [0, 0.05) is 11.9 Å². The monoisotopic (exact) mass is 296 g/mol. The van der Waals surface area contributed by atoms with Gasteiger partial charge in [-0.15, -0.1) is 11.3 Å². The van der Waals surface area contributed by atoms with Gasteiger partial charge < -0.3 is 15.2 Å². The number of halogens is 1. The third kappa shape index (κ3) is 4.29. The zero-order chi connectivity index (χ0) is 14.4. The second-order valence-corrected chi connectivity index (χ2v) is 4.72. The summed E-state index contributed by atoms with van der Waals surface area (Å²) in [6.45, 7) is 0.0561. The van der Waals surface area contributed by atoms with Crippen molar-refractivity contribution in [3.05, 3.63) is 46.7 Å². The number of hydrogen-bond acceptors (Lipinski definition) is 5. The fourth-order valence-electron chi connectivity index (χ4n) is 1.41. The molecule has 20 heavy (non-hydrogen) atoms. The molecule has 0 saturated carbocycles. The lowest BCUT2D eigenvalue weighted by Gasteiger charge is -2.12. The second-order valence-electron chi connectivity index (χ2n) is 4.00. The Bertz CT molecular complexity index is 545. The average molecular weight is 296 g/mol. The number of aliphatic hydroxyl groups is 1. The van der Waals surface area contributed by atoms with Crippen LogP contribution < -0.4 is 10.1 Å². The third-order valence-electron chi connectivity index (χ3n) is 2.42. The molecule has 7 heteroatoms. The second kappa shape index (κ2) is 6.97. The molecule has 2 aromatic rings. The van der Waals surface area contributed by atoms with E-state index in [0.29, 0.717) is 11.4 Å². The van der Waals surface area contributed by atoms with Crippen molar-refractivity contribution in [1.29, 1.82) is 0 Å². The molecule has 1 amide bonds. The van der Waals surface area contributed by atoms with Crippen LogP contribution in [0.5, 0.6) is 5.75 Å². The van der Waals surface area contributed by atoms with Crippen LogP contribution in [-0.4, -0.2) is 35.3 Å². The molecule has 0 aliphatic heterocycles. The zero-order valence-corrected chi connectivity index (χ0v) is 11.3. The van der Waals surface area contributed by atoms with Gasteiger partial charge in [0.2, 0.25) is 0 Å². The van der Waals surface area contributed by atoms with Gasteiger partial charge in [-0.1, -0.05) is 0 Å². The molecule has 0 aliphatic rings. The summed E-state index contributed by atoms with van der Waals surface area (Å²) < 4.78 is 17.9. The molecule has 2 N–H and O–H groups in total. The first kappa shape index (κ1) is 14.4. The maximum Gasteiger partial charge on any atom is 0.270 e. The number of rotatable bonds is 6. The molecule has 1 unspecified atom stereocenters. The Labute approximate surface area is 119 Å². The summed E-state index contributed by atoms with van der Waals surface area (Å²) in [5.41, 5.74) is 1.88. The van der Waals surface area contributed by atoms with Crippen molar-refractivity contribution >= 4 is 17.2 Å². The van der Waals surface area contributed by atoms with Crippen molar-refractivity contribution in [3.8, 4) is 5.75 Å². The largest absolute Gasteiger partial charge is 0.491 e. The summed E-state index contributed by atoms with van der Waals surface area (Å²) >= 11 is 1.32. The minimum atomic E-state index is -0.859. The van der Waals surface area contributed by atoms with E-state index in [9.17, 15) is 14.3 Å². The molecule has 2 rings (SSSR count). The molecule has 1 aromatic carbocycles. The number of nitrogens with zero attached hydrogens (tertiary/aromatic N) is 1. The molecule has 0 bridgehead atoms. The maximum atomic E-state index is 12.7. The van der Waals surface area contributed by atoms with Crippen LogP contribution in [0.25, 0.3) is 0 Å². The van der Waals surface area contributed by atoms with Crippen molar-refractivity contribution in [2.75, 3.05) is 13.2 Å². The minimum Gasteiger partial charge on any atom is -0.491 e. The predicted molar refractivity (Wildman–Crippen MR) is 72.3 cm³/mol. The number of aliphatic hydroxyl groups excluding tert-OH is 1. The molecule has 0 radical (unpaired) electrons. The van der Waals surface area contributed by atoms with Gasteiger partial charge in [0.25, 0.3) is 5.91 Å². The van der Waals surface area contributed by atoms with Crippen LogP contribution in [0.4, 0.5) is 4.39 Å². The Kier molecular flexibility index (Phi) is 5.03. The number of aromatic nitrogens is 1. The van der Waals surface area contributed by atoms with E-state index in [0.717, 1.165) is 0 Å². The van der Waals surface area contributed by atoms with E-state index < -0.39 is 6.10 Å². The third-order valence-corrected chi connectivity index (χ3v) is 3.01. The average Bonchev–Trinajstić information content (AvgIpc) is 2.98. The molecule has 0 aliphatic carbocycles. The van der Waals surface area contributed by atoms with Crippen molar-refractivity contribution in [3.63, 3.8) is 0 Å². The lowest BCUT2D eigenvalue weighted by Crippen LogP contribution is -2.35. The fourth-order valence-corrected chi connectivity index (χ4v) is 1.94. The number of ether oxygens (including phenoxy) is 1. The number of thiazole rings is 1. The first-order valence-electron chi connectivity index (χ1n) is 5.88. The molecule has 5 nitrogen and oxygen atoms in total. The summed E-state index contributed by atoms with van der Waals surface area (Å²) in [5, 5.41) is 13.8. The summed E-state index contributed by atoms with van der Waals surface area (Å²) in [7, 11) is 0.